The van der Waals surface area contributed by atoms with Gasteiger partial charge in [-0.1, -0.05) is 132 Å². The lowest BCUT2D eigenvalue weighted by Crippen LogP contribution is -2.62. The molecular formula is C63H89N17O10. The van der Waals surface area contributed by atoms with Crippen molar-refractivity contribution in [3.05, 3.63) is 144 Å². The molecule has 90 heavy (non-hydrogen) atoms. The van der Waals surface area contributed by atoms with Crippen LogP contribution in [-0.4, -0.2) is 152 Å². The molecule has 0 saturated carbocycles. The maximum Gasteiger partial charge on any atom is 0.326 e. The maximum absolute atomic E-state index is 14.9. The third-order valence-corrected chi connectivity index (χ3v) is 15.4. The van der Waals surface area contributed by atoms with E-state index in [4.69, 9.17) is 22.9 Å². The predicted molar refractivity (Wildman–Crippen MR) is 338 cm³/mol. The van der Waals surface area contributed by atoms with Crippen LogP contribution in [0.2, 0.25) is 0 Å². The number of nitrogens with one attached hydrogen (secondary N) is 10. The molecule has 486 valence electrons. The number of imidazole rings is 2. The second-order valence-corrected chi connectivity index (χ2v) is 22.4. The van der Waals surface area contributed by atoms with Crippen LogP contribution in [0.15, 0.2) is 121 Å². The first-order valence-corrected chi connectivity index (χ1v) is 30.4. The van der Waals surface area contributed by atoms with Gasteiger partial charge in [0.2, 0.25) is 47.3 Å². The Labute approximate surface area is 524 Å². The van der Waals surface area contributed by atoms with Gasteiger partial charge in [0.05, 0.1) is 18.7 Å². The summed E-state index contributed by atoms with van der Waals surface area (Å²) in [6, 6.07) is 15.0. The summed E-state index contributed by atoms with van der Waals surface area (Å²) in [4.78, 5) is 146. The van der Waals surface area contributed by atoms with Crippen LogP contribution in [0.25, 0.3) is 0 Å². The summed E-state index contributed by atoms with van der Waals surface area (Å²) in [5.74, 6) is -8.54. The smallest absolute Gasteiger partial charge is 0.326 e. The molecule has 5 rings (SSSR count). The minimum atomic E-state index is -1.42. The third kappa shape index (κ3) is 23.9. The van der Waals surface area contributed by atoms with Crippen LogP contribution in [0.4, 0.5) is 0 Å². The molecule has 27 heteroatoms. The largest absolute Gasteiger partial charge is 0.480 e. The predicted octanol–water partition coefficient (Wildman–Crippen LogP) is 0.211. The topological polar surface area (TPSA) is 444 Å². The van der Waals surface area contributed by atoms with Crippen molar-refractivity contribution in [2.75, 3.05) is 13.1 Å². The number of nitrogens with two attached hydrogens (primary N) is 4. The van der Waals surface area contributed by atoms with Crippen molar-refractivity contribution in [3.8, 4) is 0 Å². The van der Waals surface area contributed by atoms with Gasteiger partial charge in [0.15, 0.2) is 5.96 Å². The fraction of sp³-hybridized carbons (Fsp3) is 0.460. The van der Waals surface area contributed by atoms with Crippen molar-refractivity contribution >= 4 is 59.2 Å². The van der Waals surface area contributed by atoms with E-state index in [1.807, 2.05) is 37.3 Å². The average Bonchev–Trinajstić information content (AvgIpc) is 4.43. The second kappa shape index (κ2) is 37.4. The van der Waals surface area contributed by atoms with Gasteiger partial charge >= 0.3 is 5.97 Å². The van der Waals surface area contributed by atoms with Crippen molar-refractivity contribution in [1.82, 2.24) is 62.5 Å². The van der Waals surface area contributed by atoms with Gasteiger partial charge in [-0.25, -0.2) is 14.8 Å². The summed E-state index contributed by atoms with van der Waals surface area (Å²) >= 11 is 0. The van der Waals surface area contributed by atoms with E-state index in [1.165, 1.54) is 25.0 Å². The Bertz CT molecular complexity index is 3080. The number of carboxylic acids is 1. The number of rotatable bonds is 39. The standard InChI is InChI=1S/C63H89N17O10/c1-5-38(3)52(79-54(81)45(65)29-40-19-10-7-11-20-40)60(87)74-46(25-16-17-27-64)55(82)76-49(32-43-34-68-36-71-43)58(85)75-48(30-41-21-12-8-13-22-41)59(86)80-53(39(4)6-2)61(88)77-50(33-44-35-69-37-72-44)57(84)73-47(26-18-28-70-63(66)67)56(83)78-51(62(89)90)31-42-23-14-9-15-24-42/h7-15,19-24,34-39,45-53H,5-6,16-18,25-33,64-65H2,1-4H3,(H,68,71)(H,69,72)(H,73,84)(H,74,87)(H,75,85)(H,76,82)(H,77,88)(H,78,83)(H,79,81)(H,80,86)(H,89,90)(H4,66,67,70)/t38-,39-,45-,46-,47-,48-,49-,50-,51-,52-,53-/m0/s1. The Morgan fingerprint density at radius 2 is 0.844 bits per heavy atom. The van der Waals surface area contributed by atoms with Gasteiger partial charge in [0, 0.05) is 56.0 Å². The number of aromatic nitrogens is 4. The van der Waals surface area contributed by atoms with Crippen LogP contribution >= 0.6 is 0 Å². The van der Waals surface area contributed by atoms with Crippen LogP contribution < -0.4 is 65.5 Å². The third-order valence-electron chi connectivity index (χ3n) is 15.4. The molecule has 0 aliphatic heterocycles. The zero-order valence-corrected chi connectivity index (χ0v) is 51.5. The Balaban J connectivity index is 1.40. The monoisotopic (exact) mass is 1240 g/mol. The van der Waals surface area contributed by atoms with Crippen LogP contribution in [0.1, 0.15) is 101 Å². The number of carbonyl (C=O) groups excluding carboxylic acids is 8. The highest BCUT2D eigenvalue weighted by atomic mass is 16.4. The van der Waals surface area contributed by atoms with E-state index >= 15 is 0 Å². The Morgan fingerprint density at radius 1 is 0.478 bits per heavy atom. The molecule has 0 unspecified atom stereocenters. The fourth-order valence-corrected chi connectivity index (χ4v) is 9.78. The van der Waals surface area contributed by atoms with Crippen molar-refractivity contribution in [2.24, 2.45) is 39.8 Å². The minimum Gasteiger partial charge on any atom is -0.480 e. The van der Waals surface area contributed by atoms with Crippen molar-refractivity contribution in [1.29, 1.82) is 0 Å². The van der Waals surface area contributed by atoms with E-state index in [-0.39, 0.29) is 63.9 Å². The number of hydrogen-bond donors (Lipinski definition) is 15. The van der Waals surface area contributed by atoms with Gasteiger partial charge in [-0.2, -0.15) is 0 Å². The number of nitrogens with zero attached hydrogens (tertiary/aromatic N) is 3. The average molecular weight is 1240 g/mol. The van der Waals surface area contributed by atoms with Crippen LogP contribution in [0.3, 0.4) is 0 Å². The van der Waals surface area contributed by atoms with E-state index < -0.39 is 119 Å². The number of hydrogen-bond acceptors (Lipinski definition) is 14. The summed E-state index contributed by atoms with van der Waals surface area (Å²) < 4.78 is 0. The molecule has 0 bridgehead atoms. The summed E-state index contributed by atoms with van der Waals surface area (Å²) in [5.41, 5.74) is 26.2. The van der Waals surface area contributed by atoms with E-state index in [9.17, 15) is 48.3 Å². The molecule has 0 saturated heterocycles. The van der Waals surface area contributed by atoms with Crippen LogP contribution in [0.5, 0.6) is 0 Å². The molecule has 0 aliphatic rings. The second-order valence-electron chi connectivity index (χ2n) is 22.4. The first-order valence-electron chi connectivity index (χ1n) is 30.4. The molecule has 5 aromatic rings. The molecule has 0 spiro atoms. The van der Waals surface area contributed by atoms with E-state index in [2.05, 4.69) is 67.5 Å². The highest BCUT2D eigenvalue weighted by molar-refractivity contribution is 5.98. The Hall–Kier alpha value is -9.50. The molecule has 0 fully saturated rings. The molecule has 0 radical (unpaired) electrons. The lowest BCUT2D eigenvalue weighted by atomic mass is 9.96. The van der Waals surface area contributed by atoms with Crippen molar-refractivity contribution in [2.45, 2.75) is 159 Å². The summed E-state index contributed by atoms with van der Waals surface area (Å²) in [6.07, 6.45) is 7.31. The van der Waals surface area contributed by atoms with Gasteiger partial charge < -0.3 is 80.5 Å². The number of amides is 8. The molecule has 27 nitrogen and oxygen atoms in total. The maximum atomic E-state index is 14.9. The number of aromatic amines is 2. The molecule has 2 aromatic heterocycles. The number of unbranched alkanes of at least 4 members (excludes halogenated alkanes) is 1. The van der Waals surface area contributed by atoms with Crippen LogP contribution in [0, 0.1) is 11.8 Å². The summed E-state index contributed by atoms with van der Waals surface area (Å²) in [6.45, 7) is 7.51. The molecule has 11 atom stereocenters. The molecule has 8 amide bonds. The lowest BCUT2D eigenvalue weighted by molar-refractivity contribution is -0.142. The highest BCUT2D eigenvalue weighted by Gasteiger charge is 2.37. The van der Waals surface area contributed by atoms with Crippen molar-refractivity contribution < 1.29 is 48.3 Å². The minimum absolute atomic E-state index is 0.0545. The Kier molecular flexibility index (Phi) is 29.6. The zero-order chi connectivity index (χ0) is 65.5. The first kappa shape index (κ1) is 71.3. The number of aliphatic carboxylic acids is 1. The normalized spacial score (nSPS) is 14.8. The van der Waals surface area contributed by atoms with Gasteiger partial charge in [-0.15, -0.1) is 0 Å². The number of carboxylic acid groups (broad SMARTS) is 1. The number of H-pyrrole nitrogens is 2. The molecule has 19 N–H and O–H groups in total. The molecular weight excluding hydrogens is 1150 g/mol. The molecule has 2 heterocycles. The van der Waals surface area contributed by atoms with Gasteiger partial charge in [0.1, 0.15) is 48.3 Å². The molecule has 3 aromatic carbocycles. The van der Waals surface area contributed by atoms with E-state index in [0.717, 1.165) is 5.56 Å². The first-order chi connectivity index (χ1) is 43.2. The number of guanidine groups is 1. The Morgan fingerprint density at radius 3 is 1.27 bits per heavy atom. The van der Waals surface area contributed by atoms with Crippen molar-refractivity contribution in [3.63, 3.8) is 0 Å². The van der Waals surface area contributed by atoms with Gasteiger partial charge in [-0.05, 0) is 73.6 Å². The summed E-state index contributed by atoms with van der Waals surface area (Å²) in [5, 5.41) is 32.2. The quantitative estimate of drug-likeness (QED) is 0.0142. The van der Waals surface area contributed by atoms with E-state index in [1.54, 1.807) is 81.4 Å². The number of carbonyl (C=O) groups is 9. The SMILES string of the molecule is CC[C@H](C)[C@H](NC(=O)[C@H](Cc1ccccc1)NC(=O)[C@H](Cc1cnc[nH]1)NC(=O)[C@H](CCCCN)NC(=O)[C@@H](NC(=O)[C@@H](N)Cc1ccccc1)[C@@H](C)CC)C(=O)N[C@@H](Cc1cnc[nH]1)C(=O)N[C@@H](CCCN=C(N)N)C(=O)N[C@@H](Cc1ccccc1)C(=O)O. The van der Waals surface area contributed by atoms with Gasteiger partial charge in [-0.3, -0.25) is 43.3 Å². The highest BCUT2D eigenvalue weighted by Crippen LogP contribution is 2.16. The fourth-order valence-electron chi connectivity index (χ4n) is 9.78. The molecule has 0 aliphatic carbocycles. The lowest BCUT2D eigenvalue weighted by Gasteiger charge is -2.30. The van der Waals surface area contributed by atoms with Crippen LogP contribution in [-0.2, 0) is 75.3 Å². The number of benzene rings is 3. The van der Waals surface area contributed by atoms with Gasteiger partial charge in [0.25, 0.3) is 0 Å². The number of aliphatic imine (C=N–C) groups is 1. The van der Waals surface area contributed by atoms with E-state index in [0.29, 0.717) is 54.7 Å². The zero-order valence-electron chi connectivity index (χ0n) is 51.5. The summed E-state index contributed by atoms with van der Waals surface area (Å²) in [7, 11) is 0.